The number of aliphatic carboxylic acids is 1. The lowest BCUT2D eigenvalue weighted by Crippen LogP contribution is -2.30. The second-order valence-electron chi connectivity index (χ2n) is 5.54. The molecule has 0 amide bonds. The van der Waals surface area contributed by atoms with E-state index < -0.39 is 22.6 Å². The first-order valence-corrected chi connectivity index (χ1v) is 9.99. The molecule has 2 aromatic rings. The smallest absolute Gasteiger partial charge is 0.244 e. The zero-order chi connectivity index (χ0) is 20.6. The number of carboxylic acids is 1. The van der Waals surface area contributed by atoms with Gasteiger partial charge < -0.3 is 14.6 Å². The van der Waals surface area contributed by atoms with Gasteiger partial charge in [-0.25, -0.2) is 13.4 Å². The van der Waals surface area contributed by atoms with Crippen LogP contribution in [0, 0.1) is 0 Å². The third kappa shape index (κ3) is 5.51. The van der Waals surface area contributed by atoms with Crippen molar-refractivity contribution in [2.75, 3.05) is 25.1 Å². The van der Waals surface area contributed by atoms with Gasteiger partial charge in [-0.3, -0.25) is 5.43 Å². The number of benzene rings is 1. The number of nitrogens with one attached hydrogen (secondary N) is 1. The van der Waals surface area contributed by atoms with Crippen molar-refractivity contribution < 1.29 is 23.1 Å². The molecule has 1 heterocycles. The number of aromatic nitrogens is 1. The van der Waals surface area contributed by atoms with Gasteiger partial charge in [0.15, 0.2) is 0 Å². The van der Waals surface area contributed by atoms with Gasteiger partial charge in [-0.05, 0) is 24.3 Å². The molecule has 0 aliphatic rings. The largest absolute Gasteiger partial charge is 0.546 e. The van der Waals surface area contributed by atoms with Gasteiger partial charge in [0.2, 0.25) is 10.0 Å². The highest BCUT2D eigenvalue weighted by atomic mass is 32.2. The van der Waals surface area contributed by atoms with E-state index in [1.807, 2.05) is 0 Å². The average molecular weight is 405 g/mol. The third-order valence-corrected chi connectivity index (χ3v) is 5.76. The number of para-hydroxylation sites is 1. The number of hydrazone groups is 1. The molecule has 1 aromatic carbocycles. The number of pyridine rings is 1. The topological polar surface area (TPSA) is 124 Å². The highest BCUT2D eigenvalue weighted by molar-refractivity contribution is 7.89. The molecule has 0 saturated carbocycles. The molecule has 0 fully saturated rings. The van der Waals surface area contributed by atoms with Crippen LogP contribution in [0.2, 0.25) is 0 Å². The number of sulfonamides is 1. The van der Waals surface area contributed by atoms with Crippen molar-refractivity contribution in [3.63, 3.8) is 0 Å². The number of nitrogens with zero attached hydrogens (tertiary/aromatic N) is 3. The molecule has 0 unspecified atom stereocenters. The standard InChI is InChI=1S/C18H22N4O5S/c1-3-22(4-2)28(25,26)15-9-10-17(19-12-15)21-20-11-14-7-5-6-8-16(14)27-13-18(23)24/h5-12H,3-4,13H2,1-2H3,(H,19,21)(H,23,24)/p-1/b20-11-. The van der Waals surface area contributed by atoms with Crippen LogP contribution in [0.15, 0.2) is 52.6 Å². The molecule has 0 saturated heterocycles. The molecule has 0 aliphatic carbocycles. The van der Waals surface area contributed by atoms with Crippen LogP contribution in [0.3, 0.4) is 0 Å². The summed E-state index contributed by atoms with van der Waals surface area (Å²) in [5.74, 6) is -0.637. The highest BCUT2D eigenvalue weighted by Gasteiger charge is 2.21. The number of carbonyl (C=O) groups is 1. The molecule has 1 N–H and O–H groups in total. The second-order valence-corrected chi connectivity index (χ2v) is 7.47. The molecular weight excluding hydrogens is 384 g/mol. The summed E-state index contributed by atoms with van der Waals surface area (Å²) in [5.41, 5.74) is 3.24. The van der Waals surface area contributed by atoms with Crippen LogP contribution in [-0.4, -0.2) is 49.6 Å². The number of hydrogen-bond acceptors (Lipinski definition) is 8. The molecule has 2 rings (SSSR count). The summed E-state index contributed by atoms with van der Waals surface area (Å²) in [6.45, 7) is 3.73. The van der Waals surface area contributed by atoms with E-state index in [1.54, 1.807) is 38.1 Å². The Bertz CT molecular complexity index is 925. The van der Waals surface area contributed by atoms with E-state index in [2.05, 4.69) is 15.5 Å². The van der Waals surface area contributed by atoms with Crippen molar-refractivity contribution in [1.29, 1.82) is 0 Å². The van der Waals surface area contributed by atoms with Gasteiger partial charge in [0.1, 0.15) is 23.1 Å². The number of ether oxygens (including phenoxy) is 1. The first-order chi connectivity index (χ1) is 13.4. The van der Waals surface area contributed by atoms with Gasteiger partial charge in [-0.1, -0.05) is 26.0 Å². The van der Waals surface area contributed by atoms with Gasteiger partial charge >= 0.3 is 0 Å². The Hall–Kier alpha value is -2.98. The van der Waals surface area contributed by atoms with Crippen molar-refractivity contribution in [3.8, 4) is 5.75 Å². The SMILES string of the molecule is CCN(CC)S(=O)(=O)c1ccc(N/N=C\c2ccccc2OCC(=O)[O-])nc1. The number of carboxylic acid groups (broad SMARTS) is 1. The molecule has 0 atom stereocenters. The number of carbonyl (C=O) groups excluding carboxylic acids is 1. The minimum Gasteiger partial charge on any atom is -0.546 e. The van der Waals surface area contributed by atoms with Crippen molar-refractivity contribution in [3.05, 3.63) is 48.2 Å². The molecule has 9 nitrogen and oxygen atoms in total. The lowest BCUT2D eigenvalue weighted by atomic mass is 10.2. The Morgan fingerprint density at radius 1 is 1.25 bits per heavy atom. The van der Waals surface area contributed by atoms with Crippen molar-refractivity contribution in [1.82, 2.24) is 9.29 Å². The van der Waals surface area contributed by atoms with Crippen LogP contribution in [0.5, 0.6) is 5.75 Å². The summed E-state index contributed by atoms with van der Waals surface area (Å²) in [6, 6.07) is 9.71. The van der Waals surface area contributed by atoms with E-state index in [4.69, 9.17) is 4.74 Å². The van der Waals surface area contributed by atoms with Crippen LogP contribution in [0.4, 0.5) is 5.82 Å². The molecule has 28 heavy (non-hydrogen) atoms. The van der Waals surface area contributed by atoms with E-state index in [0.29, 0.717) is 30.2 Å². The molecule has 0 spiro atoms. The first-order valence-electron chi connectivity index (χ1n) is 8.55. The van der Waals surface area contributed by atoms with Gasteiger partial charge in [-0.15, -0.1) is 0 Å². The zero-order valence-electron chi connectivity index (χ0n) is 15.5. The molecular formula is C18H21N4O5S-. The molecule has 0 bridgehead atoms. The predicted molar refractivity (Wildman–Crippen MR) is 103 cm³/mol. The Morgan fingerprint density at radius 2 is 1.96 bits per heavy atom. The summed E-state index contributed by atoms with van der Waals surface area (Å²) in [5, 5.41) is 14.5. The van der Waals surface area contributed by atoms with Gasteiger partial charge in [0.05, 0.1) is 12.2 Å². The predicted octanol–water partition coefficient (Wildman–Crippen LogP) is 0.687. The van der Waals surface area contributed by atoms with E-state index >= 15 is 0 Å². The first kappa shape index (κ1) is 21.3. The molecule has 1 aromatic heterocycles. The van der Waals surface area contributed by atoms with Gasteiger partial charge in [-0.2, -0.15) is 9.41 Å². The Kier molecular flexibility index (Phi) is 7.47. The second kappa shape index (κ2) is 9.81. The lowest BCUT2D eigenvalue weighted by molar-refractivity contribution is -0.307. The molecule has 10 heteroatoms. The van der Waals surface area contributed by atoms with Gasteiger partial charge in [0, 0.05) is 24.8 Å². The van der Waals surface area contributed by atoms with Crippen molar-refractivity contribution in [2.45, 2.75) is 18.7 Å². The van der Waals surface area contributed by atoms with E-state index in [9.17, 15) is 18.3 Å². The van der Waals surface area contributed by atoms with Crippen LogP contribution in [0.1, 0.15) is 19.4 Å². The van der Waals surface area contributed by atoms with E-state index in [0.717, 1.165) is 0 Å². The lowest BCUT2D eigenvalue weighted by Gasteiger charge is -2.18. The molecule has 150 valence electrons. The molecule has 0 radical (unpaired) electrons. The monoisotopic (exact) mass is 405 g/mol. The maximum Gasteiger partial charge on any atom is 0.244 e. The minimum absolute atomic E-state index is 0.103. The van der Waals surface area contributed by atoms with E-state index in [-0.39, 0.29) is 4.90 Å². The zero-order valence-corrected chi connectivity index (χ0v) is 16.3. The third-order valence-electron chi connectivity index (χ3n) is 3.73. The maximum absolute atomic E-state index is 12.4. The highest BCUT2D eigenvalue weighted by Crippen LogP contribution is 2.17. The van der Waals surface area contributed by atoms with Crippen molar-refractivity contribution >= 4 is 28.0 Å². The fourth-order valence-electron chi connectivity index (χ4n) is 2.33. The summed E-state index contributed by atoms with van der Waals surface area (Å²) < 4.78 is 31.3. The number of anilines is 1. The van der Waals surface area contributed by atoms with Crippen molar-refractivity contribution in [2.24, 2.45) is 5.10 Å². The fraction of sp³-hybridized carbons (Fsp3) is 0.278. The van der Waals surface area contributed by atoms with Crippen LogP contribution in [0.25, 0.3) is 0 Å². The van der Waals surface area contributed by atoms with Crippen LogP contribution in [-0.2, 0) is 14.8 Å². The van der Waals surface area contributed by atoms with Crippen LogP contribution >= 0.6 is 0 Å². The Labute approximate surface area is 163 Å². The summed E-state index contributed by atoms with van der Waals surface area (Å²) in [7, 11) is -3.57. The molecule has 0 aliphatic heterocycles. The van der Waals surface area contributed by atoms with E-state index in [1.165, 1.54) is 28.8 Å². The summed E-state index contributed by atoms with van der Waals surface area (Å²) >= 11 is 0. The Morgan fingerprint density at radius 3 is 2.57 bits per heavy atom. The minimum atomic E-state index is -3.57. The Balaban J connectivity index is 2.07. The normalized spacial score (nSPS) is 11.7. The fourth-order valence-corrected chi connectivity index (χ4v) is 3.74. The summed E-state index contributed by atoms with van der Waals surface area (Å²) in [6.07, 6.45) is 2.70. The number of rotatable bonds is 10. The quantitative estimate of drug-likeness (QED) is 0.455. The average Bonchev–Trinajstić information content (AvgIpc) is 2.68. The number of hydrogen-bond donors (Lipinski definition) is 1. The van der Waals surface area contributed by atoms with Gasteiger partial charge in [0.25, 0.3) is 0 Å². The summed E-state index contributed by atoms with van der Waals surface area (Å²) in [4.78, 5) is 14.7. The maximum atomic E-state index is 12.4. The van der Waals surface area contributed by atoms with Crippen LogP contribution < -0.4 is 15.3 Å².